The lowest BCUT2D eigenvalue weighted by Crippen LogP contribution is -2.47. The number of methoxy groups -OCH3 is 1. The first-order chi connectivity index (χ1) is 12.5. The van der Waals surface area contributed by atoms with Crippen LogP contribution in [0.4, 0.5) is 15.8 Å². The third-order valence-corrected chi connectivity index (χ3v) is 4.91. The first-order valence-corrected chi connectivity index (χ1v) is 8.56. The molecule has 7 heteroatoms. The molecule has 1 aliphatic rings. The Labute approximate surface area is 151 Å². The van der Waals surface area contributed by atoms with Crippen molar-refractivity contribution in [3.63, 3.8) is 0 Å². The lowest BCUT2D eigenvalue weighted by atomic mass is 10.1. The molecule has 1 fully saturated rings. The Bertz CT molecular complexity index is 791. The van der Waals surface area contributed by atoms with Gasteiger partial charge in [0.05, 0.1) is 18.1 Å². The van der Waals surface area contributed by atoms with Crippen LogP contribution in [0.2, 0.25) is 0 Å². The maximum absolute atomic E-state index is 13.4. The predicted molar refractivity (Wildman–Crippen MR) is 98.2 cm³/mol. The molecule has 0 saturated carbocycles. The summed E-state index contributed by atoms with van der Waals surface area (Å²) in [6, 6.07) is 12.0. The predicted octanol–water partition coefficient (Wildman–Crippen LogP) is 3.63. The number of rotatable bonds is 5. The summed E-state index contributed by atoms with van der Waals surface area (Å²) in [4.78, 5) is 15.0. The number of anilines is 1. The molecule has 26 heavy (non-hydrogen) atoms. The largest absolute Gasteiger partial charge is 0.497 e. The van der Waals surface area contributed by atoms with Crippen LogP contribution in [0.5, 0.6) is 5.75 Å². The van der Waals surface area contributed by atoms with Gasteiger partial charge in [-0.1, -0.05) is 12.1 Å². The van der Waals surface area contributed by atoms with Gasteiger partial charge in [-0.2, -0.15) is 0 Å². The number of halogens is 1. The van der Waals surface area contributed by atoms with E-state index in [9.17, 15) is 14.5 Å². The van der Waals surface area contributed by atoms with Gasteiger partial charge in [0.1, 0.15) is 17.3 Å². The minimum Gasteiger partial charge on any atom is -0.497 e. The van der Waals surface area contributed by atoms with Crippen LogP contribution in [0, 0.1) is 15.9 Å². The smallest absolute Gasteiger partial charge is 0.295 e. The van der Waals surface area contributed by atoms with E-state index >= 15 is 0 Å². The molecule has 0 amide bonds. The molecule has 0 bridgehead atoms. The van der Waals surface area contributed by atoms with E-state index in [1.807, 2.05) is 23.1 Å². The van der Waals surface area contributed by atoms with E-state index in [0.717, 1.165) is 24.9 Å². The van der Waals surface area contributed by atoms with Crippen LogP contribution < -0.4 is 9.64 Å². The standard InChI is InChI=1S/C19H22FN3O3/c1-14(15-4-3-5-17(12-15)26-2)21-8-10-22(11-9-21)18-7-6-16(20)13-19(18)23(24)25/h3-7,12-14H,8-11H2,1-2H3. The van der Waals surface area contributed by atoms with E-state index < -0.39 is 10.7 Å². The zero-order valence-electron chi connectivity index (χ0n) is 14.9. The van der Waals surface area contributed by atoms with E-state index in [1.165, 1.54) is 17.7 Å². The number of piperazine rings is 1. The highest BCUT2D eigenvalue weighted by Gasteiger charge is 2.26. The second-order valence-corrected chi connectivity index (χ2v) is 6.37. The minimum atomic E-state index is -0.592. The fourth-order valence-corrected chi connectivity index (χ4v) is 3.37. The number of nitro benzene ring substituents is 1. The van der Waals surface area contributed by atoms with E-state index in [1.54, 1.807) is 7.11 Å². The van der Waals surface area contributed by atoms with Crippen molar-refractivity contribution in [2.24, 2.45) is 0 Å². The molecule has 6 nitrogen and oxygen atoms in total. The Morgan fingerprint density at radius 1 is 1.15 bits per heavy atom. The Kier molecular flexibility index (Phi) is 5.37. The van der Waals surface area contributed by atoms with Crippen molar-refractivity contribution >= 4 is 11.4 Å². The summed E-state index contributed by atoms with van der Waals surface area (Å²) >= 11 is 0. The van der Waals surface area contributed by atoms with Gasteiger partial charge in [-0.25, -0.2) is 4.39 Å². The maximum Gasteiger partial charge on any atom is 0.295 e. The summed E-state index contributed by atoms with van der Waals surface area (Å²) in [6.45, 7) is 4.99. The maximum atomic E-state index is 13.4. The van der Waals surface area contributed by atoms with E-state index in [0.29, 0.717) is 18.8 Å². The number of benzene rings is 2. The van der Waals surface area contributed by atoms with Gasteiger partial charge in [0.25, 0.3) is 5.69 Å². The van der Waals surface area contributed by atoms with Crippen molar-refractivity contribution in [2.45, 2.75) is 13.0 Å². The summed E-state index contributed by atoms with van der Waals surface area (Å²) in [5.41, 5.74) is 1.47. The minimum absolute atomic E-state index is 0.181. The zero-order chi connectivity index (χ0) is 18.7. The van der Waals surface area contributed by atoms with Gasteiger partial charge in [0, 0.05) is 32.2 Å². The Balaban J connectivity index is 1.70. The van der Waals surface area contributed by atoms with Crippen LogP contribution in [0.3, 0.4) is 0 Å². The average molecular weight is 359 g/mol. The van der Waals surface area contributed by atoms with Gasteiger partial charge in [-0.05, 0) is 36.8 Å². The van der Waals surface area contributed by atoms with E-state index in [4.69, 9.17) is 4.74 Å². The Morgan fingerprint density at radius 3 is 2.54 bits per heavy atom. The molecule has 1 unspecified atom stereocenters. The summed E-state index contributed by atoms with van der Waals surface area (Å²) in [7, 11) is 1.65. The van der Waals surface area contributed by atoms with E-state index in [2.05, 4.69) is 17.9 Å². The summed E-state index contributed by atoms with van der Waals surface area (Å²) < 4.78 is 18.6. The summed E-state index contributed by atoms with van der Waals surface area (Å²) in [5, 5.41) is 11.2. The molecule has 138 valence electrons. The van der Waals surface area contributed by atoms with Crippen molar-refractivity contribution in [1.82, 2.24) is 4.90 Å². The average Bonchev–Trinajstić information content (AvgIpc) is 2.67. The third kappa shape index (κ3) is 3.77. The van der Waals surface area contributed by atoms with Gasteiger partial charge in [0.2, 0.25) is 0 Å². The molecule has 0 aliphatic carbocycles. The lowest BCUT2D eigenvalue weighted by Gasteiger charge is -2.39. The van der Waals surface area contributed by atoms with Crippen molar-refractivity contribution in [3.8, 4) is 5.75 Å². The van der Waals surface area contributed by atoms with Crippen LogP contribution in [0.15, 0.2) is 42.5 Å². The number of hydrogen-bond donors (Lipinski definition) is 0. The Morgan fingerprint density at radius 2 is 1.88 bits per heavy atom. The molecule has 0 radical (unpaired) electrons. The van der Waals surface area contributed by atoms with Gasteiger partial charge in [-0.3, -0.25) is 15.0 Å². The molecule has 1 aliphatic heterocycles. The molecular formula is C19H22FN3O3. The van der Waals surface area contributed by atoms with Gasteiger partial charge in [-0.15, -0.1) is 0 Å². The van der Waals surface area contributed by atoms with Crippen molar-refractivity contribution in [1.29, 1.82) is 0 Å². The number of hydrogen-bond acceptors (Lipinski definition) is 5. The van der Waals surface area contributed by atoms with Crippen molar-refractivity contribution in [2.75, 3.05) is 38.2 Å². The van der Waals surface area contributed by atoms with Crippen molar-refractivity contribution < 1.29 is 14.1 Å². The third-order valence-electron chi connectivity index (χ3n) is 4.91. The normalized spacial score (nSPS) is 16.3. The fraction of sp³-hybridized carbons (Fsp3) is 0.368. The van der Waals surface area contributed by atoms with Crippen LogP contribution in [-0.4, -0.2) is 43.1 Å². The highest BCUT2D eigenvalue weighted by atomic mass is 19.1. The number of nitrogens with zero attached hydrogens (tertiary/aromatic N) is 3. The number of ether oxygens (including phenoxy) is 1. The van der Waals surface area contributed by atoms with Crippen LogP contribution in [-0.2, 0) is 0 Å². The SMILES string of the molecule is COc1cccc(C(C)N2CCN(c3ccc(F)cc3[N+](=O)[O-])CC2)c1. The second-order valence-electron chi connectivity index (χ2n) is 6.37. The highest BCUT2D eigenvalue weighted by Crippen LogP contribution is 2.31. The molecule has 0 N–H and O–H groups in total. The molecule has 2 aromatic carbocycles. The Hall–Kier alpha value is -2.67. The molecule has 0 spiro atoms. The highest BCUT2D eigenvalue weighted by molar-refractivity contribution is 5.63. The van der Waals surface area contributed by atoms with Gasteiger partial charge in [0.15, 0.2) is 0 Å². The lowest BCUT2D eigenvalue weighted by molar-refractivity contribution is -0.384. The summed E-state index contributed by atoms with van der Waals surface area (Å²) in [6.07, 6.45) is 0. The van der Waals surface area contributed by atoms with Crippen LogP contribution >= 0.6 is 0 Å². The molecule has 3 rings (SSSR count). The molecule has 0 aromatic heterocycles. The molecule has 1 atom stereocenters. The van der Waals surface area contributed by atoms with Crippen LogP contribution in [0.25, 0.3) is 0 Å². The zero-order valence-corrected chi connectivity index (χ0v) is 14.9. The molecule has 2 aromatic rings. The van der Waals surface area contributed by atoms with Gasteiger partial charge >= 0.3 is 0 Å². The van der Waals surface area contributed by atoms with Gasteiger partial charge < -0.3 is 9.64 Å². The first-order valence-electron chi connectivity index (χ1n) is 8.56. The first kappa shape index (κ1) is 18.1. The second kappa shape index (κ2) is 7.70. The molecular weight excluding hydrogens is 337 g/mol. The molecule has 1 saturated heterocycles. The topological polar surface area (TPSA) is 58.8 Å². The molecule has 1 heterocycles. The fourth-order valence-electron chi connectivity index (χ4n) is 3.37. The summed E-state index contributed by atoms with van der Waals surface area (Å²) in [5.74, 6) is 0.237. The number of nitro groups is 1. The monoisotopic (exact) mass is 359 g/mol. The van der Waals surface area contributed by atoms with Crippen molar-refractivity contribution in [3.05, 3.63) is 64.0 Å². The quantitative estimate of drug-likeness (QED) is 0.603. The van der Waals surface area contributed by atoms with E-state index in [-0.39, 0.29) is 11.7 Å². The van der Waals surface area contributed by atoms with Crippen LogP contribution in [0.1, 0.15) is 18.5 Å².